The molecule has 1 amide bonds. The van der Waals surface area contributed by atoms with Gasteiger partial charge in [-0.1, -0.05) is 12.1 Å². The molecule has 6 nitrogen and oxygen atoms in total. The van der Waals surface area contributed by atoms with Crippen LogP contribution in [-0.4, -0.2) is 51.9 Å². The molecule has 2 heterocycles. The van der Waals surface area contributed by atoms with Crippen LogP contribution in [0.15, 0.2) is 35.2 Å². The van der Waals surface area contributed by atoms with Crippen LogP contribution in [0.1, 0.15) is 23.2 Å². The number of halogens is 1. The minimum absolute atomic E-state index is 0. The smallest absolute Gasteiger partial charge is 0.258 e. The Bertz CT molecular complexity index is 971. The number of anilines is 1. The van der Waals surface area contributed by atoms with Crippen LogP contribution in [0.5, 0.6) is 0 Å². The van der Waals surface area contributed by atoms with Gasteiger partial charge in [-0.25, -0.2) is 8.42 Å². The number of nitrogens with one attached hydrogen (secondary N) is 1. The Kier molecular flexibility index (Phi) is 5.00. The highest BCUT2D eigenvalue weighted by atomic mass is 35.5. The minimum atomic E-state index is -3.63. The number of carbonyl (C=O) groups excluding carboxylic acids is 1. The van der Waals surface area contributed by atoms with E-state index in [1.807, 2.05) is 0 Å². The number of amides is 1. The molecule has 0 atom stereocenters. The van der Waals surface area contributed by atoms with Gasteiger partial charge in [0, 0.05) is 36.5 Å². The van der Waals surface area contributed by atoms with Crippen molar-refractivity contribution in [3.63, 3.8) is 0 Å². The lowest BCUT2D eigenvalue weighted by Crippen LogP contribution is -2.43. The first-order chi connectivity index (χ1) is 11.9. The zero-order valence-electron chi connectivity index (χ0n) is 14.7. The van der Waals surface area contributed by atoms with E-state index < -0.39 is 10.0 Å². The number of hydrogen-bond donors (Lipinski definition) is 1. The van der Waals surface area contributed by atoms with Crippen molar-refractivity contribution in [1.82, 2.24) is 9.62 Å². The first-order valence-corrected chi connectivity index (χ1v) is 9.89. The van der Waals surface area contributed by atoms with Gasteiger partial charge in [0.2, 0.25) is 10.0 Å². The number of nitrogens with zero attached hydrogens (tertiary/aromatic N) is 2. The van der Waals surface area contributed by atoms with Crippen LogP contribution < -0.4 is 10.2 Å². The summed E-state index contributed by atoms with van der Waals surface area (Å²) in [6, 6.07) is 8.66. The molecule has 4 rings (SSSR count). The number of hydrogen-bond acceptors (Lipinski definition) is 4. The van der Waals surface area contributed by atoms with Crippen molar-refractivity contribution in [3.8, 4) is 0 Å². The van der Waals surface area contributed by atoms with E-state index in [0.717, 1.165) is 37.0 Å². The first kappa shape index (κ1) is 19.1. The third kappa shape index (κ3) is 2.70. The average Bonchev–Trinajstić information content (AvgIpc) is 2.89. The van der Waals surface area contributed by atoms with Gasteiger partial charge in [0.25, 0.3) is 5.91 Å². The Morgan fingerprint density at radius 3 is 2.54 bits per heavy atom. The first-order valence-electron chi connectivity index (χ1n) is 8.45. The largest absolute Gasteiger partial charge is 0.317 e. The minimum Gasteiger partial charge on any atom is -0.317 e. The second-order valence-corrected chi connectivity index (χ2v) is 8.64. The molecule has 0 saturated carbocycles. The van der Waals surface area contributed by atoms with Crippen molar-refractivity contribution in [3.05, 3.63) is 35.9 Å². The van der Waals surface area contributed by atoms with Gasteiger partial charge in [-0.05, 0) is 44.1 Å². The summed E-state index contributed by atoms with van der Waals surface area (Å²) in [4.78, 5) is 14.2. The molecule has 2 aliphatic heterocycles. The predicted octanol–water partition coefficient (Wildman–Crippen LogP) is 2.22. The fraction of sp³-hybridized carbons (Fsp3) is 0.389. The number of rotatable bonds is 3. The summed E-state index contributed by atoms with van der Waals surface area (Å²) in [5.74, 6) is -0.0955. The number of carbonyl (C=O) groups is 1. The Morgan fingerprint density at radius 1 is 1.15 bits per heavy atom. The van der Waals surface area contributed by atoms with E-state index in [1.165, 1.54) is 4.31 Å². The van der Waals surface area contributed by atoms with Crippen molar-refractivity contribution >= 4 is 44.8 Å². The lowest BCUT2D eigenvalue weighted by Gasteiger charge is -2.31. The van der Waals surface area contributed by atoms with Crippen molar-refractivity contribution in [1.29, 1.82) is 0 Å². The second-order valence-electron chi connectivity index (χ2n) is 6.68. The van der Waals surface area contributed by atoms with E-state index in [0.29, 0.717) is 10.9 Å². The van der Waals surface area contributed by atoms with Crippen LogP contribution in [0.25, 0.3) is 10.8 Å². The fourth-order valence-electron chi connectivity index (χ4n) is 3.86. The lowest BCUT2D eigenvalue weighted by atomic mass is 10.1. The molecule has 2 aliphatic rings. The predicted molar refractivity (Wildman–Crippen MR) is 105 cm³/mol. The maximum atomic E-state index is 13.3. The quantitative estimate of drug-likeness (QED) is 0.865. The van der Waals surface area contributed by atoms with E-state index in [2.05, 4.69) is 5.32 Å². The van der Waals surface area contributed by atoms with E-state index in [1.54, 1.807) is 49.3 Å². The van der Waals surface area contributed by atoms with Crippen molar-refractivity contribution in [2.24, 2.45) is 0 Å². The molecule has 2 aromatic rings. The Morgan fingerprint density at radius 2 is 1.85 bits per heavy atom. The maximum absolute atomic E-state index is 13.3. The molecule has 1 N–H and O–H groups in total. The topological polar surface area (TPSA) is 69.7 Å². The summed E-state index contributed by atoms with van der Waals surface area (Å²) in [6.07, 6.45) is 1.61. The third-order valence-electron chi connectivity index (χ3n) is 5.35. The molecule has 0 spiro atoms. The Balaban J connectivity index is 0.00000196. The molecule has 8 heteroatoms. The molecule has 140 valence electrons. The molecule has 1 fully saturated rings. The highest BCUT2D eigenvalue weighted by Gasteiger charge is 2.33. The van der Waals surface area contributed by atoms with Crippen molar-refractivity contribution in [2.75, 3.05) is 32.1 Å². The number of benzene rings is 2. The molecule has 0 radical (unpaired) electrons. The molecular formula is C18H22ClN3O3S. The van der Waals surface area contributed by atoms with Gasteiger partial charge in [0.05, 0.1) is 10.6 Å². The van der Waals surface area contributed by atoms with Crippen LogP contribution in [0.3, 0.4) is 0 Å². The van der Waals surface area contributed by atoms with Gasteiger partial charge in [-0.2, -0.15) is 4.31 Å². The lowest BCUT2D eigenvalue weighted by molar-refractivity contribution is 0.0999. The van der Waals surface area contributed by atoms with Gasteiger partial charge < -0.3 is 10.2 Å². The molecule has 26 heavy (non-hydrogen) atoms. The monoisotopic (exact) mass is 395 g/mol. The normalized spacial score (nSPS) is 17.8. The zero-order valence-corrected chi connectivity index (χ0v) is 16.4. The van der Waals surface area contributed by atoms with Crippen LogP contribution in [0.4, 0.5) is 5.69 Å². The summed E-state index contributed by atoms with van der Waals surface area (Å²) < 4.78 is 28.0. The van der Waals surface area contributed by atoms with Crippen molar-refractivity contribution < 1.29 is 13.2 Å². The summed E-state index contributed by atoms with van der Waals surface area (Å²) in [5, 5.41) is 4.61. The fourth-order valence-corrected chi connectivity index (χ4v) is 5.46. The number of sulfonamides is 1. The van der Waals surface area contributed by atoms with E-state index in [9.17, 15) is 13.2 Å². The molecule has 1 saturated heterocycles. The highest BCUT2D eigenvalue weighted by Crippen LogP contribution is 2.40. The Hall–Kier alpha value is -1.67. The van der Waals surface area contributed by atoms with Crippen LogP contribution in [-0.2, 0) is 10.0 Å². The summed E-state index contributed by atoms with van der Waals surface area (Å²) in [7, 11) is -0.257. The molecule has 0 unspecified atom stereocenters. The summed E-state index contributed by atoms with van der Waals surface area (Å²) in [6.45, 7) is 1.65. The zero-order chi connectivity index (χ0) is 17.8. The molecule has 2 aromatic carbocycles. The van der Waals surface area contributed by atoms with Gasteiger partial charge in [0.1, 0.15) is 0 Å². The van der Waals surface area contributed by atoms with Crippen LogP contribution in [0.2, 0.25) is 0 Å². The second kappa shape index (κ2) is 6.81. The van der Waals surface area contributed by atoms with Gasteiger partial charge in [-0.15, -0.1) is 12.4 Å². The summed E-state index contributed by atoms with van der Waals surface area (Å²) in [5.41, 5.74) is 1.33. The highest BCUT2D eigenvalue weighted by molar-refractivity contribution is 7.89. The van der Waals surface area contributed by atoms with Gasteiger partial charge >= 0.3 is 0 Å². The summed E-state index contributed by atoms with van der Waals surface area (Å²) >= 11 is 0. The van der Waals surface area contributed by atoms with E-state index in [4.69, 9.17) is 0 Å². The van der Waals surface area contributed by atoms with Crippen molar-refractivity contribution in [2.45, 2.75) is 23.8 Å². The SMILES string of the molecule is CN1C(=O)c2cccc3c(S(=O)(=O)N(C)C4CCNCC4)ccc1c23.Cl. The average molecular weight is 396 g/mol. The Labute approximate surface area is 159 Å². The molecular weight excluding hydrogens is 374 g/mol. The van der Waals surface area contributed by atoms with Crippen LogP contribution in [0, 0.1) is 0 Å². The number of piperidine rings is 1. The van der Waals surface area contributed by atoms with E-state index in [-0.39, 0.29) is 29.3 Å². The molecule has 0 aliphatic carbocycles. The van der Waals surface area contributed by atoms with Gasteiger partial charge in [-0.3, -0.25) is 4.79 Å². The molecule has 0 bridgehead atoms. The standard InChI is InChI=1S/C18H21N3O3S.ClH/c1-20-15-6-7-16(13-4-3-5-14(17(13)15)18(20)22)25(23,24)21(2)12-8-10-19-11-9-12;/h3-7,12,19H,8-11H2,1-2H3;1H. The maximum Gasteiger partial charge on any atom is 0.258 e. The molecule has 0 aromatic heterocycles. The third-order valence-corrected chi connectivity index (χ3v) is 7.32. The van der Waals surface area contributed by atoms with E-state index >= 15 is 0 Å². The van der Waals surface area contributed by atoms with Crippen LogP contribution >= 0.6 is 12.4 Å². The van der Waals surface area contributed by atoms with Gasteiger partial charge in [0.15, 0.2) is 0 Å².